The second-order valence-electron chi connectivity index (χ2n) is 2.25. The fraction of sp³-hybridized carbons (Fsp3) is 0. The van der Waals surface area contributed by atoms with E-state index in [1.165, 1.54) is 0 Å². The first-order valence-corrected chi connectivity index (χ1v) is 5.23. The number of halogens is 1. The van der Waals surface area contributed by atoms with Crippen molar-refractivity contribution >= 4 is 55.7 Å². The lowest BCUT2D eigenvalue weighted by Crippen LogP contribution is -1.82. The average molecular weight is 262 g/mol. The van der Waals surface area contributed by atoms with Gasteiger partial charge in [0.2, 0.25) is 0 Å². The maximum absolute atomic E-state index is 5.50. The molecule has 2 aromatic rings. The monoisotopic (exact) mass is 261 g/mol. The summed E-state index contributed by atoms with van der Waals surface area (Å²) in [5.41, 5.74) is 6.24. The van der Waals surface area contributed by atoms with Crippen LogP contribution in [-0.2, 0) is 0 Å². The molecule has 5 heteroatoms. The summed E-state index contributed by atoms with van der Waals surface area (Å²) in [5, 5.41) is 1.93. The van der Waals surface area contributed by atoms with Crippen molar-refractivity contribution < 1.29 is 4.42 Å². The molecule has 2 N–H and O–H groups in total. The Bertz CT molecular complexity index is 488. The number of hydrogen-bond donors (Lipinski definition) is 1. The summed E-state index contributed by atoms with van der Waals surface area (Å²) in [6, 6.07) is 1.65. The van der Waals surface area contributed by atoms with Gasteiger partial charge >= 0.3 is 0 Å². The van der Waals surface area contributed by atoms with Crippen LogP contribution in [0.2, 0.25) is 0 Å². The van der Waals surface area contributed by atoms with Crippen molar-refractivity contribution in [1.29, 1.82) is 0 Å². The first-order valence-electron chi connectivity index (χ1n) is 3.15. The zero-order valence-electron chi connectivity index (χ0n) is 5.83. The van der Waals surface area contributed by atoms with E-state index in [1.807, 2.05) is 5.38 Å². The molecule has 12 heavy (non-hydrogen) atoms. The quantitative estimate of drug-likeness (QED) is 0.738. The number of thiophene rings is 1. The normalized spacial score (nSPS) is 10.8. The number of hydrogen-bond acceptors (Lipinski definition) is 4. The van der Waals surface area contributed by atoms with Crippen molar-refractivity contribution in [1.82, 2.24) is 0 Å². The zero-order chi connectivity index (χ0) is 8.72. The van der Waals surface area contributed by atoms with Gasteiger partial charge in [0.1, 0.15) is 0 Å². The third-order valence-electron chi connectivity index (χ3n) is 1.42. The molecule has 2 rings (SSSR count). The van der Waals surface area contributed by atoms with Gasteiger partial charge in [0.25, 0.3) is 0 Å². The number of nitrogens with two attached hydrogens (primary N) is 1. The summed E-state index contributed by atoms with van der Waals surface area (Å²) in [4.78, 5) is 0. The molecule has 0 radical (unpaired) electrons. The molecule has 2 aromatic heterocycles. The van der Waals surface area contributed by atoms with Crippen molar-refractivity contribution in [2.24, 2.45) is 0 Å². The summed E-state index contributed by atoms with van der Waals surface area (Å²) in [6.07, 6.45) is 0. The lowest BCUT2D eigenvalue weighted by Gasteiger charge is -1.93. The zero-order valence-corrected chi connectivity index (χ0v) is 9.05. The van der Waals surface area contributed by atoms with Crippen LogP contribution in [0.3, 0.4) is 0 Å². The highest BCUT2D eigenvalue weighted by atomic mass is 79.9. The van der Waals surface area contributed by atoms with Gasteiger partial charge in [-0.25, -0.2) is 0 Å². The Hall–Kier alpha value is -0.390. The van der Waals surface area contributed by atoms with Gasteiger partial charge in [-0.15, -0.1) is 11.3 Å². The Balaban J connectivity index is 3.03. The van der Waals surface area contributed by atoms with Crippen molar-refractivity contribution in [2.75, 3.05) is 5.73 Å². The van der Waals surface area contributed by atoms with Crippen molar-refractivity contribution in [3.63, 3.8) is 0 Å². The minimum Gasteiger partial charge on any atom is -0.439 e. The highest BCUT2D eigenvalue weighted by Crippen LogP contribution is 2.32. The highest BCUT2D eigenvalue weighted by molar-refractivity contribution is 9.10. The van der Waals surface area contributed by atoms with Crippen LogP contribution >= 0.6 is 39.5 Å². The second-order valence-corrected chi connectivity index (χ2v) is 4.43. The predicted octanol–water partition coefficient (Wildman–Crippen LogP) is 3.57. The molecule has 0 saturated heterocycles. The molecule has 0 amide bonds. The van der Waals surface area contributed by atoms with Crippen LogP contribution in [0.4, 0.5) is 5.88 Å². The van der Waals surface area contributed by atoms with Crippen LogP contribution in [0.5, 0.6) is 0 Å². The van der Waals surface area contributed by atoms with Crippen molar-refractivity contribution in [3.8, 4) is 0 Å². The van der Waals surface area contributed by atoms with Gasteiger partial charge in [-0.2, -0.15) is 0 Å². The van der Waals surface area contributed by atoms with E-state index in [0.29, 0.717) is 5.88 Å². The van der Waals surface area contributed by atoms with E-state index in [0.717, 1.165) is 19.3 Å². The molecule has 0 aromatic carbocycles. The molecule has 0 aliphatic rings. The fourth-order valence-electron chi connectivity index (χ4n) is 0.933. The van der Waals surface area contributed by atoms with Gasteiger partial charge in [-0.1, -0.05) is 12.2 Å². The molecule has 62 valence electrons. The Morgan fingerprint density at radius 2 is 2.33 bits per heavy atom. The van der Waals surface area contributed by atoms with Crippen molar-refractivity contribution in [2.45, 2.75) is 0 Å². The molecular weight excluding hydrogens is 258 g/mol. The van der Waals surface area contributed by atoms with E-state index < -0.39 is 0 Å². The molecule has 0 spiro atoms. The predicted molar refractivity (Wildman–Crippen MR) is 57.0 cm³/mol. The van der Waals surface area contributed by atoms with E-state index in [2.05, 4.69) is 15.9 Å². The van der Waals surface area contributed by atoms with Gasteiger partial charge in [-0.05, 0) is 15.9 Å². The van der Waals surface area contributed by atoms with Gasteiger partial charge in [0.15, 0.2) is 11.5 Å². The molecule has 0 aliphatic heterocycles. The first kappa shape index (κ1) is 8.22. The molecule has 0 unspecified atom stereocenters. The summed E-state index contributed by atoms with van der Waals surface area (Å²) >= 11 is 10.0. The fourth-order valence-corrected chi connectivity index (χ4v) is 2.74. The molecule has 2 heterocycles. The number of anilines is 1. The molecule has 0 fully saturated rings. The average Bonchev–Trinajstić information content (AvgIpc) is 2.33. The Morgan fingerprint density at radius 1 is 1.58 bits per heavy atom. The van der Waals surface area contributed by atoms with Gasteiger partial charge in [0, 0.05) is 11.4 Å². The molecular formula is C7H4BrNOS2. The van der Waals surface area contributed by atoms with E-state index in [9.17, 15) is 0 Å². The van der Waals surface area contributed by atoms with Crippen molar-refractivity contribution in [3.05, 3.63) is 20.4 Å². The smallest absolute Gasteiger partial charge is 0.192 e. The Kier molecular flexibility index (Phi) is 1.94. The standard InChI is InChI=1S/C7H4BrNOS2/c8-3-2-12-7-4(11)1-5(9)10-6(3)7/h1-2H,9H2. The van der Waals surface area contributed by atoms with Crippen LogP contribution in [-0.4, -0.2) is 0 Å². The SMILES string of the molecule is Nc1cc(=S)c2scc(Br)c2o1. The van der Waals surface area contributed by atoms with Crippen LogP contribution in [0.25, 0.3) is 10.3 Å². The Labute approximate surface area is 86.1 Å². The van der Waals surface area contributed by atoms with E-state index in [1.54, 1.807) is 17.4 Å². The second kappa shape index (κ2) is 2.83. The maximum atomic E-state index is 5.50. The van der Waals surface area contributed by atoms with Crippen LogP contribution in [0, 0.1) is 4.51 Å². The number of rotatable bonds is 0. The van der Waals surface area contributed by atoms with E-state index in [-0.39, 0.29) is 0 Å². The third kappa shape index (κ3) is 1.18. The minimum atomic E-state index is 0.353. The summed E-state index contributed by atoms with van der Waals surface area (Å²) in [7, 11) is 0. The van der Waals surface area contributed by atoms with E-state index >= 15 is 0 Å². The summed E-state index contributed by atoms with van der Waals surface area (Å²) in [6.45, 7) is 0. The van der Waals surface area contributed by atoms with E-state index in [4.69, 9.17) is 22.4 Å². The lowest BCUT2D eigenvalue weighted by atomic mass is 10.4. The molecule has 0 aliphatic carbocycles. The highest BCUT2D eigenvalue weighted by Gasteiger charge is 2.05. The first-order chi connectivity index (χ1) is 5.68. The van der Waals surface area contributed by atoms with Crippen LogP contribution < -0.4 is 5.73 Å². The van der Waals surface area contributed by atoms with Gasteiger partial charge in [0.05, 0.1) is 13.7 Å². The van der Waals surface area contributed by atoms with Gasteiger partial charge in [-0.3, -0.25) is 0 Å². The third-order valence-corrected chi connectivity index (χ3v) is 3.76. The topological polar surface area (TPSA) is 39.2 Å². The summed E-state index contributed by atoms with van der Waals surface area (Å²) in [5.74, 6) is 0.353. The minimum absolute atomic E-state index is 0.353. The number of fused-ring (bicyclic) bond motifs is 1. The largest absolute Gasteiger partial charge is 0.439 e. The molecule has 0 atom stereocenters. The Morgan fingerprint density at radius 3 is 3.08 bits per heavy atom. The molecule has 2 nitrogen and oxygen atoms in total. The summed E-state index contributed by atoms with van der Waals surface area (Å²) < 4.78 is 7.90. The molecule has 0 bridgehead atoms. The maximum Gasteiger partial charge on any atom is 0.192 e. The van der Waals surface area contributed by atoms with Gasteiger partial charge < -0.3 is 10.2 Å². The molecule has 0 saturated carbocycles. The van der Waals surface area contributed by atoms with Crippen LogP contribution in [0.1, 0.15) is 0 Å². The lowest BCUT2D eigenvalue weighted by molar-refractivity contribution is 0.625. The van der Waals surface area contributed by atoms with Crippen LogP contribution in [0.15, 0.2) is 20.3 Å². The number of nitrogen functional groups attached to an aromatic ring is 1.